The summed E-state index contributed by atoms with van der Waals surface area (Å²) in [6, 6.07) is 9.59. The zero-order chi connectivity index (χ0) is 11.4. The zero-order valence-corrected chi connectivity index (χ0v) is 9.16. The lowest BCUT2D eigenvalue weighted by atomic mass is 10.3. The highest BCUT2D eigenvalue weighted by Crippen LogP contribution is 2.22. The van der Waals surface area contributed by atoms with Gasteiger partial charge in [0, 0.05) is 29.2 Å². The fourth-order valence-electron chi connectivity index (χ4n) is 1.23. The standard InChI is InChI=1S/C11H10N2O2S/c14-10(15)6-9-7-12-11(16-9)13-8-4-2-1-3-5-8/h1-5,7H,6H2,(H,12,13)(H,14,15)/p-1. The Labute approximate surface area is 96.6 Å². The Morgan fingerprint density at radius 1 is 1.38 bits per heavy atom. The molecule has 0 aliphatic heterocycles. The number of rotatable bonds is 4. The minimum Gasteiger partial charge on any atom is -0.550 e. The SMILES string of the molecule is O=C([O-])Cc1cnc(Nc2ccccc2)s1. The van der Waals surface area contributed by atoms with Crippen molar-refractivity contribution in [1.29, 1.82) is 0 Å². The minimum atomic E-state index is -1.09. The van der Waals surface area contributed by atoms with Gasteiger partial charge in [-0.3, -0.25) is 0 Å². The molecular weight excluding hydrogens is 224 g/mol. The van der Waals surface area contributed by atoms with Gasteiger partial charge in [-0.25, -0.2) is 4.98 Å². The Morgan fingerprint density at radius 3 is 2.81 bits per heavy atom. The Morgan fingerprint density at radius 2 is 2.12 bits per heavy atom. The number of aromatic nitrogens is 1. The molecule has 1 aromatic heterocycles. The second kappa shape index (κ2) is 4.76. The molecule has 0 bridgehead atoms. The molecular formula is C11H9N2O2S-. The largest absolute Gasteiger partial charge is 0.550 e. The van der Waals surface area contributed by atoms with Gasteiger partial charge in [-0.15, -0.1) is 11.3 Å². The lowest BCUT2D eigenvalue weighted by Gasteiger charge is -2.00. The first-order valence-corrected chi connectivity index (χ1v) is 5.52. The van der Waals surface area contributed by atoms with Crippen molar-refractivity contribution in [2.24, 2.45) is 0 Å². The summed E-state index contributed by atoms with van der Waals surface area (Å²) in [7, 11) is 0. The van der Waals surface area contributed by atoms with Gasteiger partial charge in [0.25, 0.3) is 0 Å². The Hall–Kier alpha value is -1.88. The molecule has 0 saturated carbocycles. The summed E-state index contributed by atoms with van der Waals surface area (Å²) < 4.78 is 0. The van der Waals surface area contributed by atoms with Crippen LogP contribution in [0.25, 0.3) is 0 Å². The molecule has 1 heterocycles. The predicted molar refractivity (Wildman–Crippen MR) is 60.5 cm³/mol. The topological polar surface area (TPSA) is 65.0 Å². The predicted octanol–water partition coefficient (Wildman–Crippen LogP) is 1.18. The lowest BCUT2D eigenvalue weighted by Crippen LogP contribution is -2.23. The maximum atomic E-state index is 10.4. The first-order valence-electron chi connectivity index (χ1n) is 4.70. The second-order valence-corrected chi connectivity index (χ2v) is 4.29. The van der Waals surface area contributed by atoms with Gasteiger partial charge in [-0.2, -0.15) is 0 Å². The van der Waals surface area contributed by atoms with E-state index < -0.39 is 5.97 Å². The van der Waals surface area contributed by atoms with Crippen LogP contribution in [0.5, 0.6) is 0 Å². The molecule has 0 aliphatic carbocycles. The summed E-state index contributed by atoms with van der Waals surface area (Å²) in [6.07, 6.45) is 1.46. The third kappa shape index (κ3) is 2.80. The van der Waals surface area contributed by atoms with Crippen LogP contribution in [0.2, 0.25) is 0 Å². The summed E-state index contributed by atoms with van der Waals surface area (Å²) in [4.78, 5) is 15.1. The average molecular weight is 233 g/mol. The van der Waals surface area contributed by atoms with Gasteiger partial charge in [0.15, 0.2) is 5.13 Å². The lowest BCUT2D eigenvalue weighted by molar-refractivity contribution is -0.304. The quantitative estimate of drug-likeness (QED) is 0.861. The maximum absolute atomic E-state index is 10.4. The summed E-state index contributed by atoms with van der Waals surface area (Å²) >= 11 is 1.31. The van der Waals surface area contributed by atoms with E-state index in [-0.39, 0.29) is 6.42 Å². The van der Waals surface area contributed by atoms with Crippen molar-refractivity contribution in [3.63, 3.8) is 0 Å². The molecule has 0 spiro atoms. The first kappa shape index (κ1) is 10.6. The van der Waals surface area contributed by atoms with Crippen LogP contribution in [-0.2, 0) is 11.2 Å². The van der Waals surface area contributed by atoms with E-state index in [9.17, 15) is 9.90 Å². The summed E-state index contributed by atoms with van der Waals surface area (Å²) in [6.45, 7) is 0. The van der Waals surface area contributed by atoms with Crippen LogP contribution >= 0.6 is 11.3 Å². The van der Waals surface area contributed by atoms with Crippen LogP contribution in [0.3, 0.4) is 0 Å². The van der Waals surface area contributed by atoms with Crippen LogP contribution < -0.4 is 10.4 Å². The number of hydrogen-bond acceptors (Lipinski definition) is 5. The van der Waals surface area contributed by atoms with E-state index in [4.69, 9.17) is 0 Å². The molecule has 2 rings (SSSR count). The van der Waals surface area contributed by atoms with Crippen LogP contribution in [-0.4, -0.2) is 11.0 Å². The molecule has 1 N–H and O–H groups in total. The second-order valence-electron chi connectivity index (χ2n) is 3.17. The van der Waals surface area contributed by atoms with Crippen molar-refractivity contribution >= 4 is 28.1 Å². The van der Waals surface area contributed by atoms with E-state index in [0.717, 1.165) is 5.69 Å². The van der Waals surface area contributed by atoms with Crippen LogP contribution in [0.4, 0.5) is 10.8 Å². The number of carbonyl (C=O) groups is 1. The maximum Gasteiger partial charge on any atom is 0.187 e. The smallest absolute Gasteiger partial charge is 0.187 e. The molecule has 0 aliphatic rings. The Balaban J connectivity index is 2.06. The molecule has 0 unspecified atom stereocenters. The molecule has 0 radical (unpaired) electrons. The number of benzene rings is 1. The van der Waals surface area contributed by atoms with Gasteiger partial charge < -0.3 is 15.2 Å². The van der Waals surface area contributed by atoms with Crippen molar-refractivity contribution in [3.8, 4) is 0 Å². The van der Waals surface area contributed by atoms with E-state index in [2.05, 4.69) is 10.3 Å². The third-order valence-corrected chi connectivity index (χ3v) is 2.81. The van der Waals surface area contributed by atoms with Gasteiger partial charge in [0.05, 0.1) is 0 Å². The van der Waals surface area contributed by atoms with E-state index in [1.54, 1.807) is 6.20 Å². The molecule has 0 saturated heterocycles. The molecule has 0 fully saturated rings. The summed E-state index contributed by atoms with van der Waals surface area (Å²) in [5.74, 6) is -1.09. The highest BCUT2D eigenvalue weighted by molar-refractivity contribution is 7.15. The number of thiazole rings is 1. The summed E-state index contributed by atoms with van der Waals surface area (Å²) in [5.41, 5.74) is 0.928. The number of hydrogen-bond donors (Lipinski definition) is 1. The number of carboxylic acid groups (broad SMARTS) is 1. The number of aliphatic carboxylic acids is 1. The zero-order valence-electron chi connectivity index (χ0n) is 8.34. The van der Waals surface area contributed by atoms with Crippen LogP contribution in [0, 0.1) is 0 Å². The molecule has 4 nitrogen and oxygen atoms in total. The normalized spacial score (nSPS) is 10.0. The Bertz CT molecular complexity index is 482. The number of carbonyl (C=O) groups excluding carboxylic acids is 1. The fourth-order valence-corrected chi connectivity index (χ4v) is 2.05. The first-order chi connectivity index (χ1) is 7.74. The van der Waals surface area contributed by atoms with Crippen LogP contribution in [0.1, 0.15) is 4.88 Å². The number of anilines is 2. The highest BCUT2D eigenvalue weighted by Gasteiger charge is 2.02. The van der Waals surface area contributed by atoms with Crippen molar-refractivity contribution in [2.45, 2.75) is 6.42 Å². The van der Waals surface area contributed by atoms with E-state index in [1.165, 1.54) is 11.3 Å². The number of nitrogens with zero attached hydrogens (tertiary/aromatic N) is 1. The molecule has 82 valence electrons. The fraction of sp³-hybridized carbons (Fsp3) is 0.0909. The van der Waals surface area contributed by atoms with Gasteiger partial charge in [0.1, 0.15) is 0 Å². The van der Waals surface area contributed by atoms with Crippen molar-refractivity contribution < 1.29 is 9.90 Å². The van der Waals surface area contributed by atoms with Crippen molar-refractivity contribution in [2.75, 3.05) is 5.32 Å². The molecule has 5 heteroatoms. The number of para-hydroxylation sites is 1. The monoisotopic (exact) mass is 233 g/mol. The third-order valence-electron chi connectivity index (χ3n) is 1.90. The van der Waals surface area contributed by atoms with Gasteiger partial charge in [0.2, 0.25) is 0 Å². The highest BCUT2D eigenvalue weighted by atomic mass is 32.1. The average Bonchev–Trinajstić information content (AvgIpc) is 2.66. The van der Waals surface area contributed by atoms with Crippen LogP contribution in [0.15, 0.2) is 36.5 Å². The van der Waals surface area contributed by atoms with Crippen molar-refractivity contribution in [3.05, 3.63) is 41.4 Å². The molecule has 2 aromatic rings. The van der Waals surface area contributed by atoms with Gasteiger partial charge in [-0.1, -0.05) is 18.2 Å². The molecule has 0 amide bonds. The van der Waals surface area contributed by atoms with E-state index in [0.29, 0.717) is 10.0 Å². The molecule has 1 aromatic carbocycles. The van der Waals surface area contributed by atoms with Crippen molar-refractivity contribution in [1.82, 2.24) is 4.98 Å². The molecule has 0 atom stereocenters. The number of nitrogens with one attached hydrogen (secondary N) is 1. The minimum absolute atomic E-state index is 0.0892. The Kier molecular flexibility index (Phi) is 3.16. The summed E-state index contributed by atoms with van der Waals surface area (Å²) in [5, 5.41) is 14.2. The molecule has 16 heavy (non-hydrogen) atoms. The van der Waals surface area contributed by atoms with E-state index >= 15 is 0 Å². The van der Waals surface area contributed by atoms with Gasteiger partial charge in [-0.05, 0) is 12.1 Å². The van der Waals surface area contributed by atoms with E-state index in [1.807, 2.05) is 30.3 Å². The number of carboxylic acids is 1. The van der Waals surface area contributed by atoms with Gasteiger partial charge >= 0.3 is 0 Å².